The van der Waals surface area contributed by atoms with E-state index in [4.69, 9.17) is 0 Å². The molecule has 0 radical (unpaired) electrons. The molecule has 0 aliphatic heterocycles. The molecule has 0 bridgehead atoms. The highest BCUT2D eigenvalue weighted by Crippen LogP contribution is 2.01. The standard InChI is InChI=1S/C17H22/c1-2-3-4-5-6-7-8-9-11-14-17-15-12-10-13-16-17/h6-16H,2-5H2,1H3/b7-6+,9-8+,14-11+. The highest BCUT2D eigenvalue weighted by atomic mass is 13.9. The fourth-order valence-electron chi connectivity index (χ4n) is 1.55. The SMILES string of the molecule is CCCCC/C=C/C=C/C=C/c1ccccc1. The Bertz CT molecular complexity index is 355. The number of benzene rings is 1. The quantitative estimate of drug-likeness (QED) is 0.432. The van der Waals surface area contributed by atoms with Crippen LogP contribution in [0.15, 0.2) is 60.7 Å². The number of allylic oxidation sites excluding steroid dienone is 5. The first-order valence-electron chi connectivity index (χ1n) is 6.48. The molecule has 0 aliphatic rings. The predicted molar refractivity (Wildman–Crippen MR) is 77.9 cm³/mol. The zero-order chi connectivity index (χ0) is 12.2. The fourth-order valence-corrected chi connectivity index (χ4v) is 1.55. The van der Waals surface area contributed by atoms with E-state index in [2.05, 4.69) is 67.6 Å². The Kier molecular flexibility index (Phi) is 7.67. The summed E-state index contributed by atoms with van der Waals surface area (Å²) in [6, 6.07) is 10.3. The number of rotatable bonds is 7. The van der Waals surface area contributed by atoms with Crippen LogP contribution in [0.4, 0.5) is 0 Å². The highest BCUT2D eigenvalue weighted by Gasteiger charge is 1.80. The smallest absolute Gasteiger partial charge is 0.0257 e. The molecule has 0 heteroatoms. The van der Waals surface area contributed by atoms with Crippen molar-refractivity contribution in [2.45, 2.75) is 32.6 Å². The van der Waals surface area contributed by atoms with Gasteiger partial charge in [0, 0.05) is 0 Å². The average Bonchev–Trinajstić information content (AvgIpc) is 2.38. The number of hydrogen-bond donors (Lipinski definition) is 0. The van der Waals surface area contributed by atoms with Crippen LogP contribution in [0.5, 0.6) is 0 Å². The first-order chi connectivity index (χ1) is 8.43. The maximum absolute atomic E-state index is 2.24. The molecule has 0 unspecified atom stereocenters. The van der Waals surface area contributed by atoms with Crippen molar-refractivity contribution in [3.05, 3.63) is 66.3 Å². The summed E-state index contributed by atoms with van der Waals surface area (Å²) >= 11 is 0. The highest BCUT2D eigenvalue weighted by molar-refractivity contribution is 5.50. The summed E-state index contributed by atoms with van der Waals surface area (Å²) in [4.78, 5) is 0. The van der Waals surface area contributed by atoms with Gasteiger partial charge in [0.2, 0.25) is 0 Å². The van der Waals surface area contributed by atoms with Gasteiger partial charge in [0.15, 0.2) is 0 Å². The van der Waals surface area contributed by atoms with E-state index in [-0.39, 0.29) is 0 Å². The third-order valence-electron chi connectivity index (χ3n) is 2.53. The summed E-state index contributed by atoms with van der Waals surface area (Å²) in [5, 5.41) is 0. The normalized spacial score (nSPS) is 12.1. The van der Waals surface area contributed by atoms with Crippen molar-refractivity contribution in [3.63, 3.8) is 0 Å². The molecule has 0 aliphatic carbocycles. The Balaban J connectivity index is 2.19. The number of hydrogen-bond acceptors (Lipinski definition) is 0. The third-order valence-corrected chi connectivity index (χ3v) is 2.53. The summed E-state index contributed by atoms with van der Waals surface area (Å²) in [7, 11) is 0. The summed E-state index contributed by atoms with van der Waals surface area (Å²) in [5.41, 5.74) is 1.24. The van der Waals surface area contributed by atoms with Crippen LogP contribution < -0.4 is 0 Å². The van der Waals surface area contributed by atoms with Gasteiger partial charge < -0.3 is 0 Å². The van der Waals surface area contributed by atoms with E-state index < -0.39 is 0 Å². The summed E-state index contributed by atoms with van der Waals surface area (Å²) < 4.78 is 0. The summed E-state index contributed by atoms with van der Waals surface area (Å²) in [6.45, 7) is 2.23. The van der Waals surface area contributed by atoms with Crippen LogP contribution in [-0.2, 0) is 0 Å². The molecule has 17 heavy (non-hydrogen) atoms. The van der Waals surface area contributed by atoms with Gasteiger partial charge in [-0.3, -0.25) is 0 Å². The van der Waals surface area contributed by atoms with E-state index in [1.165, 1.54) is 31.2 Å². The zero-order valence-corrected chi connectivity index (χ0v) is 10.7. The fraction of sp³-hybridized carbons (Fsp3) is 0.294. The van der Waals surface area contributed by atoms with Gasteiger partial charge in [0.05, 0.1) is 0 Å². The van der Waals surface area contributed by atoms with Crippen LogP contribution in [0.3, 0.4) is 0 Å². The maximum atomic E-state index is 2.24. The summed E-state index contributed by atoms with van der Waals surface area (Å²) in [6.07, 6.45) is 17.8. The second kappa shape index (κ2) is 9.65. The van der Waals surface area contributed by atoms with Crippen LogP contribution in [0, 0.1) is 0 Å². The van der Waals surface area contributed by atoms with Gasteiger partial charge in [0.25, 0.3) is 0 Å². The van der Waals surface area contributed by atoms with Crippen molar-refractivity contribution in [2.75, 3.05) is 0 Å². The molecule has 90 valence electrons. The van der Waals surface area contributed by atoms with Crippen molar-refractivity contribution in [2.24, 2.45) is 0 Å². The topological polar surface area (TPSA) is 0 Å². The van der Waals surface area contributed by atoms with Crippen molar-refractivity contribution in [1.82, 2.24) is 0 Å². The van der Waals surface area contributed by atoms with Crippen LogP contribution >= 0.6 is 0 Å². The minimum Gasteiger partial charge on any atom is -0.0845 e. The Morgan fingerprint density at radius 1 is 0.882 bits per heavy atom. The van der Waals surface area contributed by atoms with Gasteiger partial charge in [0.1, 0.15) is 0 Å². The van der Waals surface area contributed by atoms with Gasteiger partial charge in [-0.25, -0.2) is 0 Å². The van der Waals surface area contributed by atoms with Crippen molar-refractivity contribution < 1.29 is 0 Å². The molecule has 0 amide bonds. The second-order valence-corrected chi connectivity index (χ2v) is 4.08. The van der Waals surface area contributed by atoms with E-state index in [0.29, 0.717) is 0 Å². The monoisotopic (exact) mass is 226 g/mol. The van der Waals surface area contributed by atoms with E-state index in [9.17, 15) is 0 Å². The van der Waals surface area contributed by atoms with Gasteiger partial charge in [-0.15, -0.1) is 0 Å². The van der Waals surface area contributed by atoms with Crippen LogP contribution in [0.2, 0.25) is 0 Å². The molecule has 0 heterocycles. The average molecular weight is 226 g/mol. The first kappa shape index (κ1) is 13.5. The largest absolute Gasteiger partial charge is 0.0845 e. The van der Waals surface area contributed by atoms with Crippen molar-refractivity contribution in [1.29, 1.82) is 0 Å². The third kappa shape index (κ3) is 7.35. The zero-order valence-electron chi connectivity index (χ0n) is 10.7. The molecule has 0 fully saturated rings. The van der Waals surface area contributed by atoms with Gasteiger partial charge >= 0.3 is 0 Å². The Hall–Kier alpha value is -1.56. The van der Waals surface area contributed by atoms with Crippen LogP contribution in [0.25, 0.3) is 6.08 Å². The molecule has 0 aromatic heterocycles. The van der Waals surface area contributed by atoms with Gasteiger partial charge in [-0.2, -0.15) is 0 Å². The van der Waals surface area contributed by atoms with Crippen LogP contribution in [0.1, 0.15) is 38.2 Å². The molecule has 0 saturated heterocycles. The molecule has 0 N–H and O–H groups in total. The van der Waals surface area contributed by atoms with Crippen molar-refractivity contribution >= 4 is 6.08 Å². The Morgan fingerprint density at radius 3 is 2.41 bits per heavy atom. The molecule has 0 spiro atoms. The lowest BCUT2D eigenvalue weighted by atomic mass is 10.2. The molecule has 1 rings (SSSR count). The first-order valence-corrected chi connectivity index (χ1v) is 6.48. The lowest BCUT2D eigenvalue weighted by molar-refractivity contribution is 0.729. The van der Waals surface area contributed by atoms with E-state index in [0.717, 1.165) is 0 Å². The molecule has 0 saturated carbocycles. The van der Waals surface area contributed by atoms with Gasteiger partial charge in [-0.05, 0) is 18.4 Å². The predicted octanol–water partition coefficient (Wildman–Crippen LogP) is 5.39. The minimum atomic E-state index is 1.20. The van der Waals surface area contributed by atoms with E-state index in [1.807, 2.05) is 6.07 Å². The molecular formula is C17H22. The maximum Gasteiger partial charge on any atom is -0.0257 e. The van der Waals surface area contributed by atoms with Gasteiger partial charge in [-0.1, -0.05) is 86.6 Å². The lowest BCUT2D eigenvalue weighted by Crippen LogP contribution is -1.69. The second-order valence-electron chi connectivity index (χ2n) is 4.08. The Labute approximate surface area is 105 Å². The molecular weight excluding hydrogens is 204 g/mol. The van der Waals surface area contributed by atoms with Crippen LogP contribution in [-0.4, -0.2) is 0 Å². The van der Waals surface area contributed by atoms with Crippen molar-refractivity contribution in [3.8, 4) is 0 Å². The lowest BCUT2D eigenvalue weighted by Gasteiger charge is -1.89. The summed E-state index contributed by atoms with van der Waals surface area (Å²) in [5.74, 6) is 0. The Morgan fingerprint density at radius 2 is 1.65 bits per heavy atom. The van der Waals surface area contributed by atoms with E-state index in [1.54, 1.807) is 0 Å². The van der Waals surface area contributed by atoms with E-state index >= 15 is 0 Å². The molecule has 1 aromatic rings. The minimum absolute atomic E-state index is 1.20. The molecule has 1 aromatic carbocycles. The molecule has 0 atom stereocenters. The number of unbranched alkanes of at least 4 members (excludes halogenated alkanes) is 3. The molecule has 0 nitrogen and oxygen atoms in total.